The van der Waals surface area contributed by atoms with E-state index >= 15 is 0 Å². The van der Waals surface area contributed by atoms with Gasteiger partial charge in [0.25, 0.3) is 0 Å². The van der Waals surface area contributed by atoms with Crippen LogP contribution in [0.3, 0.4) is 0 Å². The summed E-state index contributed by atoms with van der Waals surface area (Å²) < 4.78 is 9.74. The zero-order chi connectivity index (χ0) is 15.1. The summed E-state index contributed by atoms with van der Waals surface area (Å²) in [7, 11) is 0. The fourth-order valence-corrected chi connectivity index (χ4v) is 1.49. The van der Waals surface area contributed by atoms with Gasteiger partial charge in [-0.1, -0.05) is 0 Å². The molecule has 0 spiro atoms. The quantitative estimate of drug-likeness (QED) is 0.631. The van der Waals surface area contributed by atoms with Crippen molar-refractivity contribution in [2.24, 2.45) is 0 Å². The van der Waals surface area contributed by atoms with Crippen LogP contribution in [0.5, 0.6) is 0 Å². The third kappa shape index (κ3) is 4.34. The van der Waals surface area contributed by atoms with E-state index in [0.717, 1.165) is 0 Å². The monoisotopic (exact) mass is 301 g/mol. The first-order valence-corrected chi connectivity index (χ1v) is 6.50. The second-order valence-corrected chi connectivity index (χ2v) is 4.08. The van der Waals surface area contributed by atoms with Crippen molar-refractivity contribution in [2.75, 3.05) is 18.5 Å². The molecule has 0 aliphatic heterocycles. The number of nitrogens with zero attached hydrogens (tertiary/aromatic N) is 2. The van der Waals surface area contributed by atoms with Gasteiger partial charge < -0.3 is 14.8 Å². The Bertz CT molecular complexity index is 496. The molecule has 1 heterocycles. The molecule has 7 nitrogen and oxygen atoms in total. The maximum atomic E-state index is 11.8. The largest absolute Gasteiger partial charge is 0.464 e. The van der Waals surface area contributed by atoms with Gasteiger partial charge in [0.2, 0.25) is 5.28 Å². The molecule has 110 valence electrons. The van der Waals surface area contributed by atoms with E-state index in [4.69, 9.17) is 21.1 Å². The molecule has 0 aliphatic rings. The number of rotatable bonds is 6. The van der Waals surface area contributed by atoms with E-state index in [0.29, 0.717) is 0 Å². The fourth-order valence-electron chi connectivity index (χ4n) is 1.36. The van der Waals surface area contributed by atoms with E-state index in [1.54, 1.807) is 20.8 Å². The molecule has 1 unspecified atom stereocenters. The molecule has 1 aromatic heterocycles. The lowest BCUT2D eigenvalue weighted by Crippen LogP contribution is -2.29. The number of halogens is 1. The number of hydrogen-bond acceptors (Lipinski definition) is 7. The molecule has 8 heteroatoms. The van der Waals surface area contributed by atoms with Crippen molar-refractivity contribution in [1.82, 2.24) is 9.97 Å². The maximum absolute atomic E-state index is 11.8. The van der Waals surface area contributed by atoms with Crippen LogP contribution in [0.4, 0.5) is 5.82 Å². The normalized spacial score (nSPS) is 11.6. The van der Waals surface area contributed by atoms with Crippen LogP contribution in [0.25, 0.3) is 0 Å². The summed E-state index contributed by atoms with van der Waals surface area (Å²) in [6.07, 6.45) is 1.24. The molecule has 0 saturated carbocycles. The van der Waals surface area contributed by atoms with Crippen LogP contribution < -0.4 is 5.32 Å². The van der Waals surface area contributed by atoms with Crippen molar-refractivity contribution >= 4 is 29.4 Å². The van der Waals surface area contributed by atoms with Gasteiger partial charge in [0.15, 0.2) is 0 Å². The maximum Gasteiger partial charge on any atom is 0.343 e. The van der Waals surface area contributed by atoms with Crippen molar-refractivity contribution in [2.45, 2.75) is 26.8 Å². The Morgan fingerprint density at radius 3 is 2.60 bits per heavy atom. The third-order valence-electron chi connectivity index (χ3n) is 2.25. The van der Waals surface area contributed by atoms with Crippen LogP contribution in [0, 0.1) is 0 Å². The summed E-state index contributed by atoms with van der Waals surface area (Å²) >= 11 is 5.69. The Morgan fingerprint density at radius 2 is 2.00 bits per heavy atom. The highest BCUT2D eigenvalue weighted by Crippen LogP contribution is 2.16. The van der Waals surface area contributed by atoms with Crippen molar-refractivity contribution < 1.29 is 19.1 Å². The first kappa shape index (κ1) is 16.2. The minimum Gasteiger partial charge on any atom is -0.464 e. The number of ether oxygens (including phenoxy) is 2. The van der Waals surface area contributed by atoms with Crippen molar-refractivity contribution in [3.8, 4) is 0 Å². The molecule has 0 radical (unpaired) electrons. The molecule has 0 aromatic carbocycles. The molecule has 1 atom stereocenters. The van der Waals surface area contributed by atoms with Crippen LogP contribution in [0.2, 0.25) is 5.28 Å². The smallest absolute Gasteiger partial charge is 0.343 e. The third-order valence-corrected chi connectivity index (χ3v) is 2.43. The van der Waals surface area contributed by atoms with Crippen LogP contribution in [0.1, 0.15) is 31.1 Å². The summed E-state index contributed by atoms with van der Waals surface area (Å²) in [5.74, 6) is -0.927. The van der Waals surface area contributed by atoms with E-state index in [-0.39, 0.29) is 29.9 Å². The summed E-state index contributed by atoms with van der Waals surface area (Å²) in [6.45, 7) is 5.45. The van der Waals surface area contributed by atoms with E-state index in [9.17, 15) is 9.59 Å². The Balaban J connectivity index is 2.95. The Hall–Kier alpha value is -1.89. The molecule has 0 saturated heterocycles. The molecule has 0 fully saturated rings. The van der Waals surface area contributed by atoms with Gasteiger partial charge in [-0.2, -0.15) is 4.98 Å². The summed E-state index contributed by atoms with van der Waals surface area (Å²) in [5.41, 5.74) is 0.104. The van der Waals surface area contributed by atoms with Gasteiger partial charge in [0.1, 0.15) is 17.4 Å². The highest BCUT2D eigenvalue weighted by molar-refractivity contribution is 6.28. The van der Waals surface area contributed by atoms with E-state index < -0.39 is 18.0 Å². The van der Waals surface area contributed by atoms with Crippen molar-refractivity contribution in [1.29, 1.82) is 0 Å². The van der Waals surface area contributed by atoms with Crippen LogP contribution in [-0.4, -0.2) is 41.2 Å². The first-order valence-electron chi connectivity index (χ1n) is 6.12. The molecule has 0 amide bonds. The van der Waals surface area contributed by atoms with Gasteiger partial charge in [-0.15, -0.1) is 0 Å². The molecule has 1 aromatic rings. The summed E-state index contributed by atoms with van der Waals surface area (Å²) in [5, 5.41) is 2.72. The summed E-state index contributed by atoms with van der Waals surface area (Å²) in [4.78, 5) is 30.9. The number of esters is 2. The summed E-state index contributed by atoms with van der Waals surface area (Å²) in [6, 6.07) is -0.686. The Kier molecular flexibility index (Phi) is 6.17. The van der Waals surface area contributed by atoms with E-state index in [1.807, 2.05) is 0 Å². The zero-order valence-electron chi connectivity index (χ0n) is 11.5. The van der Waals surface area contributed by atoms with E-state index in [1.165, 1.54) is 6.20 Å². The predicted molar refractivity (Wildman–Crippen MR) is 72.7 cm³/mol. The van der Waals surface area contributed by atoms with Gasteiger partial charge in [-0.05, 0) is 32.4 Å². The highest BCUT2D eigenvalue weighted by Gasteiger charge is 2.20. The molecule has 0 bridgehead atoms. The standard InChI is InChI=1S/C12H16ClN3O4/c1-4-19-10(17)7(3)15-9-8(11(18)20-5-2)6-14-12(13)16-9/h6-7H,4-5H2,1-3H3,(H,14,15,16). The number of carbonyl (C=O) groups is 2. The second kappa shape index (κ2) is 7.64. The topological polar surface area (TPSA) is 90.4 Å². The SMILES string of the molecule is CCOC(=O)c1cnc(Cl)nc1NC(C)C(=O)OCC. The molecule has 20 heavy (non-hydrogen) atoms. The van der Waals surface area contributed by atoms with Gasteiger partial charge >= 0.3 is 11.9 Å². The van der Waals surface area contributed by atoms with Crippen LogP contribution in [-0.2, 0) is 14.3 Å². The fraction of sp³-hybridized carbons (Fsp3) is 0.500. The second-order valence-electron chi connectivity index (χ2n) is 3.74. The lowest BCUT2D eigenvalue weighted by Gasteiger charge is -2.15. The zero-order valence-corrected chi connectivity index (χ0v) is 12.2. The number of carbonyl (C=O) groups excluding carboxylic acids is 2. The average Bonchev–Trinajstić information content (AvgIpc) is 2.39. The van der Waals surface area contributed by atoms with Crippen LogP contribution >= 0.6 is 11.6 Å². The minimum atomic E-state index is -0.686. The average molecular weight is 302 g/mol. The number of hydrogen-bond donors (Lipinski definition) is 1. The molecule has 0 aliphatic carbocycles. The molecular weight excluding hydrogens is 286 g/mol. The Labute approximate surface area is 121 Å². The number of aromatic nitrogens is 2. The van der Waals surface area contributed by atoms with Crippen molar-refractivity contribution in [3.05, 3.63) is 17.0 Å². The lowest BCUT2D eigenvalue weighted by molar-refractivity contribution is -0.143. The number of nitrogens with one attached hydrogen (secondary N) is 1. The van der Waals surface area contributed by atoms with Gasteiger partial charge in [-0.25, -0.2) is 14.6 Å². The molecule has 1 rings (SSSR count). The van der Waals surface area contributed by atoms with Crippen LogP contribution in [0.15, 0.2) is 6.20 Å². The molecular formula is C12H16ClN3O4. The van der Waals surface area contributed by atoms with Gasteiger partial charge in [0.05, 0.1) is 13.2 Å². The van der Waals surface area contributed by atoms with Gasteiger partial charge in [-0.3, -0.25) is 0 Å². The molecule has 1 N–H and O–H groups in total. The van der Waals surface area contributed by atoms with Gasteiger partial charge in [0, 0.05) is 6.20 Å². The van der Waals surface area contributed by atoms with Crippen molar-refractivity contribution in [3.63, 3.8) is 0 Å². The van der Waals surface area contributed by atoms with E-state index in [2.05, 4.69) is 15.3 Å². The predicted octanol–water partition coefficient (Wildman–Crippen LogP) is 1.67. The lowest BCUT2D eigenvalue weighted by atomic mass is 10.2. The first-order chi connectivity index (χ1) is 9.49. The minimum absolute atomic E-state index is 0.0448. The number of anilines is 1. The Morgan fingerprint density at radius 1 is 1.35 bits per heavy atom. The highest BCUT2D eigenvalue weighted by atomic mass is 35.5.